The first-order valence-corrected chi connectivity index (χ1v) is 12.7. The number of ether oxygens (including phenoxy) is 2. The minimum absolute atomic E-state index is 0.0494. The molecule has 0 amide bonds. The van der Waals surface area contributed by atoms with Crippen LogP contribution in [0.2, 0.25) is 0 Å². The number of rotatable bonds is 7. The molecule has 9 nitrogen and oxygen atoms in total. The molecule has 4 aromatic heterocycles. The van der Waals surface area contributed by atoms with Gasteiger partial charge < -0.3 is 9.47 Å². The van der Waals surface area contributed by atoms with Crippen molar-refractivity contribution in [1.29, 1.82) is 0 Å². The van der Waals surface area contributed by atoms with Gasteiger partial charge in [0.2, 0.25) is 5.88 Å². The number of hydrogen-bond acceptors (Lipinski definition) is 7. The second-order valence-electron chi connectivity index (χ2n) is 9.79. The quantitative estimate of drug-likeness (QED) is 0.337. The molecule has 5 aromatic rings. The Morgan fingerprint density at radius 1 is 0.973 bits per heavy atom. The summed E-state index contributed by atoms with van der Waals surface area (Å²) < 4.78 is 15.4. The number of benzene rings is 1. The van der Waals surface area contributed by atoms with E-state index in [0.29, 0.717) is 30.8 Å². The van der Waals surface area contributed by atoms with Gasteiger partial charge in [-0.2, -0.15) is 4.98 Å². The van der Waals surface area contributed by atoms with Crippen LogP contribution in [0, 0.1) is 5.92 Å². The number of imidazole rings is 1. The highest BCUT2D eigenvalue weighted by molar-refractivity contribution is 5.88. The molecule has 1 atom stereocenters. The van der Waals surface area contributed by atoms with Crippen LogP contribution in [0.1, 0.15) is 31.1 Å². The van der Waals surface area contributed by atoms with Crippen LogP contribution in [-0.2, 0) is 11.3 Å². The molecule has 0 spiro atoms. The van der Waals surface area contributed by atoms with Gasteiger partial charge in [-0.25, -0.2) is 9.78 Å². The van der Waals surface area contributed by atoms with Crippen molar-refractivity contribution >= 4 is 21.9 Å². The van der Waals surface area contributed by atoms with Crippen LogP contribution in [0.4, 0.5) is 0 Å². The summed E-state index contributed by atoms with van der Waals surface area (Å²) in [5.74, 6) is 1.38. The lowest BCUT2D eigenvalue weighted by molar-refractivity contribution is 0.166. The summed E-state index contributed by atoms with van der Waals surface area (Å²) >= 11 is 0. The lowest BCUT2D eigenvalue weighted by Crippen LogP contribution is -2.25. The molecule has 0 radical (unpaired) electrons. The van der Waals surface area contributed by atoms with Crippen molar-refractivity contribution in [2.75, 3.05) is 19.8 Å². The minimum atomic E-state index is -0.0494. The standard InChI is InChI=1S/C28H26N6O3/c35-28-33(25-14-30-10-7-24(25)34(28)21-4-5-21)15-26-31-23-6-3-19(20-2-1-9-29-13-20)12-22(23)27(32-26)37-17-18-8-11-36-16-18/h1-3,6-7,9-10,12-14,18,21H,4-5,8,11,15-17H2. The van der Waals surface area contributed by atoms with E-state index in [2.05, 4.69) is 9.97 Å². The predicted molar refractivity (Wildman–Crippen MR) is 139 cm³/mol. The van der Waals surface area contributed by atoms with Crippen molar-refractivity contribution < 1.29 is 9.47 Å². The van der Waals surface area contributed by atoms with Crippen LogP contribution < -0.4 is 10.4 Å². The second kappa shape index (κ2) is 9.08. The molecule has 1 aliphatic heterocycles. The van der Waals surface area contributed by atoms with E-state index in [9.17, 15) is 4.79 Å². The molecule has 1 saturated heterocycles. The molecule has 5 heterocycles. The van der Waals surface area contributed by atoms with Gasteiger partial charge in [-0.05, 0) is 49.1 Å². The summed E-state index contributed by atoms with van der Waals surface area (Å²) in [6.07, 6.45) is 10.1. The Morgan fingerprint density at radius 3 is 2.70 bits per heavy atom. The molecule has 9 heteroatoms. The zero-order valence-corrected chi connectivity index (χ0v) is 20.3. The van der Waals surface area contributed by atoms with Crippen molar-refractivity contribution in [2.24, 2.45) is 5.92 Å². The fraction of sp³-hybridized carbons (Fsp3) is 0.321. The van der Waals surface area contributed by atoms with E-state index in [1.54, 1.807) is 23.2 Å². The van der Waals surface area contributed by atoms with Crippen LogP contribution in [0.3, 0.4) is 0 Å². The molecular weight excluding hydrogens is 468 g/mol. The smallest absolute Gasteiger partial charge is 0.329 e. The van der Waals surface area contributed by atoms with E-state index < -0.39 is 0 Å². The number of fused-ring (bicyclic) bond motifs is 2. The van der Waals surface area contributed by atoms with Crippen LogP contribution in [-0.4, -0.2) is 48.9 Å². The van der Waals surface area contributed by atoms with Crippen molar-refractivity contribution in [3.05, 3.63) is 77.5 Å². The van der Waals surface area contributed by atoms with Gasteiger partial charge in [0.05, 0.1) is 47.9 Å². The van der Waals surface area contributed by atoms with Gasteiger partial charge in [0.1, 0.15) is 0 Å². The van der Waals surface area contributed by atoms with Gasteiger partial charge in [0, 0.05) is 42.7 Å². The Bertz CT molecular complexity index is 1650. The molecule has 2 fully saturated rings. The summed E-state index contributed by atoms with van der Waals surface area (Å²) in [5.41, 5.74) is 4.44. The van der Waals surface area contributed by atoms with Gasteiger partial charge in [-0.1, -0.05) is 12.1 Å². The number of hydrogen-bond donors (Lipinski definition) is 0. The molecule has 0 N–H and O–H groups in total. The average Bonchev–Trinajstić information content (AvgIpc) is 3.55. The third-order valence-corrected chi connectivity index (χ3v) is 7.16. The zero-order valence-electron chi connectivity index (χ0n) is 20.3. The maximum Gasteiger partial charge on any atom is 0.329 e. The molecule has 2 aliphatic rings. The lowest BCUT2D eigenvalue weighted by atomic mass is 10.1. The molecule has 1 aromatic carbocycles. The Hall–Kier alpha value is -4.11. The van der Waals surface area contributed by atoms with Crippen molar-refractivity contribution in [3.63, 3.8) is 0 Å². The molecule has 1 saturated carbocycles. The van der Waals surface area contributed by atoms with Gasteiger partial charge in [-0.15, -0.1) is 0 Å². The topological polar surface area (TPSA) is 97.0 Å². The Balaban J connectivity index is 1.31. The average molecular weight is 495 g/mol. The molecule has 37 heavy (non-hydrogen) atoms. The fourth-order valence-corrected chi connectivity index (χ4v) is 5.06. The van der Waals surface area contributed by atoms with E-state index in [0.717, 1.165) is 58.9 Å². The fourth-order valence-electron chi connectivity index (χ4n) is 5.06. The van der Waals surface area contributed by atoms with E-state index in [1.807, 2.05) is 47.2 Å². The van der Waals surface area contributed by atoms with Crippen molar-refractivity contribution in [2.45, 2.75) is 31.8 Å². The third-order valence-electron chi connectivity index (χ3n) is 7.16. The molecule has 0 bridgehead atoms. The van der Waals surface area contributed by atoms with Gasteiger partial charge in [0.15, 0.2) is 5.82 Å². The molecule has 1 unspecified atom stereocenters. The van der Waals surface area contributed by atoms with E-state index in [1.165, 1.54) is 0 Å². The van der Waals surface area contributed by atoms with Gasteiger partial charge >= 0.3 is 5.69 Å². The summed E-state index contributed by atoms with van der Waals surface area (Å²) in [4.78, 5) is 31.6. The molecular formula is C28H26N6O3. The Kier molecular flexibility index (Phi) is 5.43. The summed E-state index contributed by atoms with van der Waals surface area (Å²) in [5, 5.41) is 0.832. The lowest BCUT2D eigenvalue weighted by Gasteiger charge is -2.14. The first kappa shape index (κ1) is 22.1. The molecule has 186 valence electrons. The number of nitrogens with zero attached hydrogens (tertiary/aromatic N) is 6. The number of aromatic nitrogens is 6. The zero-order chi connectivity index (χ0) is 24.8. The normalized spacial score (nSPS) is 17.6. The SMILES string of the molecule is O=c1n(Cc2nc(OCC3CCOC3)c3cc(-c4cccnc4)ccc3n2)c2cnccc2n1C1CC1. The van der Waals surface area contributed by atoms with Crippen LogP contribution in [0.25, 0.3) is 33.1 Å². The van der Waals surface area contributed by atoms with Crippen LogP contribution >= 0.6 is 0 Å². The second-order valence-corrected chi connectivity index (χ2v) is 9.79. The first-order valence-electron chi connectivity index (χ1n) is 12.7. The largest absolute Gasteiger partial charge is 0.477 e. The highest BCUT2D eigenvalue weighted by Crippen LogP contribution is 2.36. The molecule has 7 rings (SSSR count). The summed E-state index contributed by atoms with van der Waals surface area (Å²) in [7, 11) is 0. The van der Waals surface area contributed by atoms with Gasteiger partial charge in [-0.3, -0.25) is 19.1 Å². The van der Waals surface area contributed by atoms with Crippen molar-refractivity contribution in [1.82, 2.24) is 29.1 Å². The first-order chi connectivity index (χ1) is 18.2. The van der Waals surface area contributed by atoms with Gasteiger partial charge in [0.25, 0.3) is 0 Å². The van der Waals surface area contributed by atoms with E-state index in [-0.39, 0.29) is 18.3 Å². The van der Waals surface area contributed by atoms with Crippen LogP contribution in [0.5, 0.6) is 5.88 Å². The highest BCUT2D eigenvalue weighted by Gasteiger charge is 2.29. The molecule has 1 aliphatic carbocycles. The highest BCUT2D eigenvalue weighted by atomic mass is 16.5. The third kappa shape index (κ3) is 4.15. The minimum Gasteiger partial charge on any atom is -0.477 e. The number of pyridine rings is 2. The van der Waals surface area contributed by atoms with E-state index in [4.69, 9.17) is 19.4 Å². The summed E-state index contributed by atoms with van der Waals surface area (Å²) in [6.45, 7) is 2.22. The van der Waals surface area contributed by atoms with Crippen molar-refractivity contribution in [3.8, 4) is 17.0 Å². The maximum atomic E-state index is 13.4. The maximum absolute atomic E-state index is 13.4. The summed E-state index contributed by atoms with van der Waals surface area (Å²) in [6, 6.07) is 12.2. The Labute approximate surface area is 212 Å². The van der Waals surface area contributed by atoms with E-state index >= 15 is 0 Å². The predicted octanol–water partition coefficient (Wildman–Crippen LogP) is 4.00. The monoisotopic (exact) mass is 494 g/mol. The Morgan fingerprint density at radius 2 is 1.89 bits per heavy atom. The van der Waals surface area contributed by atoms with Crippen LogP contribution in [0.15, 0.2) is 66.0 Å².